The summed E-state index contributed by atoms with van der Waals surface area (Å²) in [7, 11) is 0. The fourth-order valence-corrected chi connectivity index (χ4v) is 2.05. The van der Waals surface area contributed by atoms with Gasteiger partial charge in [-0.1, -0.05) is 11.6 Å². The van der Waals surface area contributed by atoms with Crippen LogP contribution in [0.25, 0.3) is 0 Å². The van der Waals surface area contributed by atoms with Crippen molar-refractivity contribution in [1.82, 2.24) is 4.98 Å². The van der Waals surface area contributed by atoms with Crippen molar-refractivity contribution in [2.45, 2.75) is 18.9 Å². The van der Waals surface area contributed by atoms with Crippen LogP contribution in [0.5, 0.6) is 0 Å². The van der Waals surface area contributed by atoms with Crippen LogP contribution in [0, 0.1) is 0 Å². The van der Waals surface area contributed by atoms with E-state index in [2.05, 4.69) is 9.88 Å². The van der Waals surface area contributed by atoms with Crippen molar-refractivity contribution in [2.75, 3.05) is 18.0 Å². The molecule has 1 unspecified atom stereocenters. The van der Waals surface area contributed by atoms with E-state index in [0.29, 0.717) is 5.02 Å². The molecule has 1 aromatic rings. The Morgan fingerprint density at radius 1 is 1.57 bits per heavy atom. The number of rotatable bonds is 1. The van der Waals surface area contributed by atoms with Crippen LogP contribution in [-0.4, -0.2) is 24.1 Å². The molecule has 0 spiro atoms. The second-order valence-corrected chi connectivity index (χ2v) is 4.06. The average molecular weight is 212 g/mol. The molecule has 1 aliphatic heterocycles. The van der Waals surface area contributed by atoms with Gasteiger partial charge in [0.05, 0.1) is 5.02 Å². The Balaban J connectivity index is 2.18. The molecule has 1 aliphatic rings. The summed E-state index contributed by atoms with van der Waals surface area (Å²) in [5, 5.41) is 0.710. The van der Waals surface area contributed by atoms with Crippen LogP contribution in [0.1, 0.15) is 12.8 Å². The van der Waals surface area contributed by atoms with Gasteiger partial charge in [-0.3, -0.25) is 0 Å². The summed E-state index contributed by atoms with van der Waals surface area (Å²) in [6.07, 6.45) is 3.98. The first-order valence-corrected chi connectivity index (χ1v) is 5.26. The van der Waals surface area contributed by atoms with E-state index in [1.54, 1.807) is 6.20 Å². The molecule has 1 atom stereocenters. The van der Waals surface area contributed by atoms with Gasteiger partial charge < -0.3 is 10.6 Å². The van der Waals surface area contributed by atoms with Crippen LogP contribution < -0.4 is 10.6 Å². The smallest absolute Gasteiger partial charge is 0.147 e. The quantitative estimate of drug-likeness (QED) is 0.769. The van der Waals surface area contributed by atoms with Crippen LogP contribution in [0.4, 0.5) is 5.82 Å². The molecule has 1 fully saturated rings. The molecule has 4 heteroatoms. The summed E-state index contributed by atoms with van der Waals surface area (Å²) >= 11 is 6.06. The third-order valence-corrected chi connectivity index (χ3v) is 2.79. The van der Waals surface area contributed by atoms with Crippen molar-refractivity contribution in [3.8, 4) is 0 Å². The van der Waals surface area contributed by atoms with Gasteiger partial charge in [-0.15, -0.1) is 0 Å². The van der Waals surface area contributed by atoms with E-state index in [1.807, 2.05) is 12.1 Å². The number of aromatic nitrogens is 1. The van der Waals surface area contributed by atoms with Crippen molar-refractivity contribution in [3.05, 3.63) is 23.4 Å². The Hall–Kier alpha value is -0.800. The molecule has 0 bridgehead atoms. The van der Waals surface area contributed by atoms with Crippen LogP contribution >= 0.6 is 11.6 Å². The van der Waals surface area contributed by atoms with Gasteiger partial charge in [-0.2, -0.15) is 0 Å². The number of hydrogen-bond acceptors (Lipinski definition) is 3. The highest BCUT2D eigenvalue weighted by molar-refractivity contribution is 6.32. The van der Waals surface area contributed by atoms with E-state index in [0.717, 1.165) is 31.7 Å². The van der Waals surface area contributed by atoms with Crippen molar-refractivity contribution >= 4 is 17.4 Å². The molecule has 0 amide bonds. The molecule has 1 saturated heterocycles. The fraction of sp³-hybridized carbons (Fsp3) is 0.500. The standard InChI is InChI=1S/C10H14ClN3/c11-9-4-1-5-13-10(9)14-6-2-3-8(12)7-14/h1,4-5,8H,2-3,6-7,12H2. The monoisotopic (exact) mass is 211 g/mol. The number of nitrogens with zero attached hydrogens (tertiary/aromatic N) is 2. The van der Waals surface area contributed by atoms with Gasteiger partial charge in [0.2, 0.25) is 0 Å². The van der Waals surface area contributed by atoms with E-state index in [-0.39, 0.29) is 6.04 Å². The van der Waals surface area contributed by atoms with Gasteiger partial charge >= 0.3 is 0 Å². The Labute approximate surface area is 88.9 Å². The van der Waals surface area contributed by atoms with Crippen LogP contribution in [0.2, 0.25) is 5.02 Å². The number of hydrogen-bond donors (Lipinski definition) is 1. The van der Waals surface area contributed by atoms with Gasteiger partial charge in [-0.05, 0) is 25.0 Å². The molecule has 14 heavy (non-hydrogen) atoms. The zero-order chi connectivity index (χ0) is 9.97. The summed E-state index contributed by atoms with van der Waals surface area (Å²) in [5.41, 5.74) is 5.90. The Bertz CT molecular complexity index is 316. The Kier molecular flexibility index (Phi) is 2.89. The highest BCUT2D eigenvalue weighted by atomic mass is 35.5. The summed E-state index contributed by atoms with van der Waals surface area (Å²) in [6.45, 7) is 1.86. The maximum absolute atomic E-state index is 6.06. The zero-order valence-electron chi connectivity index (χ0n) is 7.99. The molecule has 0 radical (unpaired) electrons. The molecule has 2 rings (SSSR count). The number of pyridine rings is 1. The summed E-state index contributed by atoms with van der Waals surface area (Å²) in [5.74, 6) is 0.865. The molecule has 2 N–H and O–H groups in total. The largest absolute Gasteiger partial charge is 0.354 e. The lowest BCUT2D eigenvalue weighted by Gasteiger charge is -2.32. The predicted octanol–water partition coefficient (Wildman–Crippen LogP) is 1.66. The normalized spacial score (nSPS) is 22.4. The van der Waals surface area contributed by atoms with Crippen LogP contribution in [0.15, 0.2) is 18.3 Å². The first-order valence-electron chi connectivity index (χ1n) is 4.88. The number of piperidine rings is 1. The third-order valence-electron chi connectivity index (χ3n) is 2.50. The minimum Gasteiger partial charge on any atom is -0.354 e. The van der Waals surface area contributed by atoms with Gasteiger partial charge in [0.1, 0.15) is 5.82 Å². The maximum Gasteiger partial charge on any atom is 0.147 e. The van der Waals surface area contributed by atoms with Crippen molar-refractivity contribution < 1.29 is 0 Å². The molecule has 2 heterocycles. The minimum absolute atomic E-state index is 0.252. The van der Waals surface area contributed by atoms with E-state index >= 15 is 0 Å². The summed E-state index contributed by atoms with van der Waals surface area (Å²) in [4.78, 5) is 6.44. The lowest BCUT2D eigenvalue weighted by Crippen LogP contribution is -2.43. The molecule has 0 saturated carbocycles. The van der Waals surface area contributed by atoms with E-state index in [9.17, 15) is 0 Å². The van der Waals surface area contributed by atoms with E-state index < -0.39 is 0 Å². The predicted molar refractivity (Wildman–Crippen MR) is 58.7 cm³/mol. The molecule has 0 aromatic carbocycles. The lowest BCUT2D eigenvalue weighted by molar-refractivity contribution is 0.503. The number of anilines is 1. The fourth-order valence-electron chi connectivity index (χ4n) is 1.81. The molecule has 76 valence electrons. The van der Waals surface area contributed by atoms with Gasteiger partial charge in [0, 0.05) is 25.3 Å². The summed E-state index contributed by atoms with van der Waals surface area (Å²) < 4.78 is 0. The third kappa shape index (κ3) is 1.99. The van der Waals surface area contributed by atoms with Crippen molar-refractivity contribution in [1.29, 1.82) is 0 Å². The molecule has 0 aliphatic carbocycles. The minimum atomic E-state index is 0.252. The van der Waals surface area contributed by atoms with Crippen molar-refractivity contribution in [3.63, 3.8) is 0 Å². The highest BCUT2D eigenvalue weighted by Gasteiger charge is 2.19. The van der Waals surface area contributed by atoms with Gasteiger partial charge in [-0.25, -0.2) is 4.98 Å². The number of halogens is 1. The van der Waals surface area contributed by atoms with E-state index in [1.165, 1.54) is 0 Å². The molecule has 1 aromatic heterocycles. The molecule has 3 nitrogen and oxygen atoms in total. The summed E-state index contributed by atoms with van der Waals surface area (Å²) in [6, 6.07) is 3.96. The van der Waals surface area contributed by atoms with Gasteiger partial charge in [0.15, 0.2) is 0 Å². The highest BCUT2D eigenvalue weighted by Crippen LogP contribution is 2.24. The Morgan fingerprint density at radius 3 is 3.14 bits per heavy atom. The first-order chi connectivity index (χ1) is 6.77. The second-order valence-electron chi connectivity index (χ2n) is 3.66. The topological polar surface area (TPSA) is 42.1 Å². The van der Waals surface area contributed by atoms with Crippen molar-refractivity contribution in [2.24, 2.45) is 5.73 Å². The maximum atomic E-state index is 6.06. The Morgan fingerprint density at radius 2 is 2.43 bits per heavy atom. The first kappa shape index (κ1) is 9.74. The lowest BCUT2D eigenvalue weighted by atomic mass is 10.1. The molecular formula is C10H14ClN3. The van der Waals surface area contributed by atoms with Crippen LogP contribution in [-0.2, 0) is 0 Å². The number of nitrogens with two attached hydrogens (primary N) is 1. The van der Waals surface area contributed by atoms with E-state index in [4.69, 9.17) is 17.3 Å². The SMILES string of the molecule is NC1CCCN(c2ncccc2Cl)C1. The van der Waals surface area contributed by atoms with Gasteiger partial charge in [0.25, 0.3) is 0 Å². The average Bonchev–Trinajstić information content (AvgIpc) is 2.18. The molecular weight excluding hydrogens is 198 g/mol. The zero-order valence-corrected chi connectivity index (χ0v) is 8.74. The van der Waals surface area contributed by atoms with Crippen LogP contribution in [0.3, 0.4) is 0 Å². The second kappa shape index (κ2) is 4.15.